The van der Waals surface area contributed by atoms with E-state index in [9.17, 15) is 4.79 Å². The predicted octanol–water partition coefficient (Wildman–Crippen LogP) is 5.10. The van der Waals surface area contributed by atoms with E-state index in [0.29, 0.717) is 5.78 Å². The predicted molar refractivity (Wildman–Crippen MR) is 103 cm³/mol. The second-order valence-corrected chi connectivity index (χ2v) is 8.75. The fraction of sp³-hybridized carbons (Fsp3) is 0.500. The monoisotopic (exact) mass is 325 g/mol. The molecule has 24 heavy (non-hydrogen) atoms. The average molecular weight is 325 g/mol. The molecule has 2 heteroatoms. The molecule has 2 aromatic rings. The van der Waals surface area contributed by atoms with Gasteiger partial charge in [-0.3, -0.25) is 9.69 Å². The molecule has 0 aliphatic heterocycles. The third-order valence-electron chi connectivity index (χ3n) is 4.86. The van der Waals surface area contributed by atoms with Crippen LogP contribution >= 0.6 is 0 Å². The Balaban J connectivity index is 2.46. The number of hydrogen-bond acceptors (Lipinski definition) is 2. The van der Waals surface area contributed by atoms with Gasteiger partial charge in [0.1, 0.15) is 0 Å². The standard InChI is InChI=1S/C22H31NO/c1-21(2,3)20(24)19(23(7)22(4,5)6)15-17-13-10-12-16-11-8-9-14-18(16)17/h8-14,19H,15H2,1-7H3/t19-/m0/s1. The molecule has 2 nitrogen and oxygen atoms in total. The topological polar surface area (TPSA) is 20.3 Å². The van der Waals surface area contributed by atoms with Crippen molar-refractivity contribution >= 4 is 16.6 Å². The Morgan fingerprint density at radius 3 is 2.12 bits per heavy atom. The Labute approximate surface area is 146 Å². The summed E-state index contributed by atoms with van der Waals surface area (Å²) in [6.07, 6.45) is 0.741. The van der Waals surface area contributed by atoms with Crippen molar-refractivity contribution in [3.63, 3.8) is 0 Å². The molecule has 0 aliphatic rings. The highest BCUT2D eigenvalue weighted by Crippen LogP contribution is 2.28. The number of rotatable bonds is 4. The lowest BCUT2D eigenvalue weighted by Gasteiger charge is -2.40. The zero-order chi connectivity index (χ0) is 18.1. The van der Waals surface area contributed by atoms with Crippen molar-refractivity contribution in [2.24, 2.45) is 5.41 Å². The Hall–Kier alpha value is -1.67. The molecule has 2 rings (SSSR count). The number of carbonyl (C=O) groups is 1. The first-order valence-corrected chi connectivity index (χ1v) is 8.75. The molecule has 0 spiro atoms. The summed E-state index contributed by atoms with van der Waals surface area (Å²) in [6, 6.07) is 14.7. The van der Waals surface area contributed by atoms with Crippen molar-refractivity contribution < 1.29 is 4.79 Å². The maximum atomic E-state index is 13.2. The van der Waals surface area contributed by atoms with Gasteiger partial charge >= 0.3 is 0 Å². The molecule has 0 aromatic heterocycles. The molecule has 0 unspecified atom stereocenters. The normalized spacial score (nSPS) is 14.2. The minimum absolute atomic E-state index is 0.0594. The summed E-state index contributed by atoms with van der Waals surface area (Å²) in [5, 5.41) is 2.48. The smallest absolute Gasteiger partial charge is 0.155 e. The van der Waals surface area contributed by atoms with E-state index in [2.05, 4.69) is 75.2 Å². The summed E-state index contributed by atoms with van der Waals surface area (Å²) < 4.78 is 0. The van der Waals surface area contributed by atoms with Gasteiger partial charge in [-0.15, -0.1) is 0 Å². The van der Waals surface area contributed by atoms with Gasteiger partial charge in [0.15, 0.2) is 5.78 Å². The largest absolute Gasteiger partial charge is 0.297 e. The molecule has 0 amide bonds. The van der Waals surface area contributed by atoms with Gasteiger partial charge in [0.2, 0.25) is 0 Å². The van der Waals surface area contributed by atoms with E-state index in [1.165, 1.54) is 16.3 Å². The average Bonchev–Trinajstić information content (AvgIpc) is 2.49. The van der Waals surface area contributed by atoms with Gasteiger partial charge in [-0.1, -0.05) is 63.2 Å². The van der Waals surface area contributed by atoms with Crippen molar-refractivity contribution in [3.05, 3.63) is 48.0 Å². The van der Waals surface area contributed by atoms with Crippen LogP contribution in [0, 0.1) is 5.41 Å². The van der Waals surface area contributed by atoms with E-state index >= 15 is 0 Å². The lowest BCUT2D eigenvalue weighted by molar-refractivity contribution is -0.133. The van der Waals surface area contributed by atoms with Gasteiger partial charge in [0.25, 0.3) is 0 Å². The van der Waals surface area contributed by atoms with Crippen molar-refractivity contribution in [3.8, 4) is 0 Å². The molecule has 0 heterocycles. The molecule has 0 aliphatic carbocycles. The maximum absolute atomic E-state index is 13.2. The summed E-state index contributed by atoms with van der Waals surface area (Å²) in [7, 11) is 2.07. The third-order valence-corrected chi connectivity index (χ3v) is 4.86. The van der Waals surface area contributed by atoms with E-state index in [4.69, 9.17) is 0 Å². The zero-order valence-electron chi connectivity index (χ0n) is 16.2. The molecule has 0 radical (unpaired) electrons. The van der Waals surface area contributed by atoms with E-state index < -0.39 is 0 Å². The summed E-state index contributed by atoms with van der Waals surface area (Å²) in [5.41, 5.74) is 0.831. The lowest BCUT2D eigenvalue weighted by Crippen LogP contribution is -2.52. The molecule has 0 bridgehead atoms. The highest BCUT2D eigenvalue weighted by atomic mass is 16.1. The third kappa shape index (κ3) is 4.05. The van der Waals surface area contributed by atoms with Crippen LogP contribution in [0.3, 0.4) is 0 Å². The summed E-state index contributed by atoms with van der Waals surface area (Å²) in [5.74, 6) is 0.299. The van der Waals surface area contributed by atoms with Crippen molar-refractivity contribution in [1.29, 1.82) is 0 Å². The van der Waals surface area contributed by atoms with Crippen molar-refractivity contribution in [2.45, 2.75) is 59.5 Å². The molecule has 1 atom stereocenters. The van der Waals surface area contributed by atoms with Crippen LogP contribution in [-0.4, -0.2) is 29.3 Å². The number of fused-ring (bicyclic) bond motifs is 1. The molecule has 130 valence electrons. The molecular weight excluding hydrogens is 294 g/mol. The van der Waals surface area contributed by atoms with Gasteiger partial charge in [-0.2, -0.15) is 0 Å². The van der Waals surface area contributed by atoms with Gasteiger partial charge in [0.05, 0.1) is 6.04 Å². The Morgan fingerprint density at radius 2 is 1.54 bits per heavy atom. The lowest BCUT2D eigenvalue weighted by atomic mass is 9.82. The first kappa shape index (κ1) is 18.7. The first-order chi connectivity index (χ1) is 11.0. The second kappa shape index (κ2) is 6.68. The fourth-order valence-electron chi connectivity index (χ4n) is 3.05. The molecule has 0 N–H and O–H groups in total. The highest BCUT2D eigenvalue weighted by molar-refractivity contribution is 5.91. The molecule has 2 aromatic carbocycles. The number of Topliss-reactive ketones (excluding diaryl/α,β-unsaturated/α-hetero) is 1. The van der Waals surface area contributed by atoms with Crippen molar-refractivity contribution in [1.82, 2.24) is 4.90 Å². The quantitative estimate of drug-likeness (QED) is 0.780. The fourth-order valence-corrected chi connectivity index (χ4v) is 3.05. The van der Waals surface area contributed by atoms with Crippen LogP contribution in [0.5, 0.6) is 0 Å². The minimum atomic E-state index is -0.352. The minimum Gasteiger partial charge on any atom is -0.297 e. The molecule has 0 fully saturated rings. The van der Waals surface area contributed by atoms with Crippen LogP contribution in [0.2, 0.25) is 0 Å². The number of hydrogen-bond donors (Lipinski definition) is 0. The van der Waals surface area contributed by atoms with Gasteiger partial charge in [0, 0.05) is 11.0 Å². The number of likely N-dealkylation sites (N-methyl/N-ethyl adjacent to an activating group) is 1. The molecule has 0 saturated heterocycles. The number of ketones is 1. The number of carbonyl (C=O) groups excluding carboxylic acids is 1. The van der Waals surface area contributed by atoms with Gasteiger partial charge in [-0.05, 0) is 50.6 Å². The zero-order valence-corrected chi connectivity index (χ0v) is 16.2. The SMILES string of the molecule is CN([C@@H](Cc1cccc2ccccc12)C(=O)C(C)(C)C)C(C)(C)C. The number of benzene rings is 2. The highest BCUT2D eigenvalue weighted by Gasteiger charge is 2.36. The molecule has 0 saturated carbocycles. The van der Waals surface area contributed by atoms with E-state index in [-0.39, 0.29) is 17.0 Å². The Morgan fingerprint density at radius 1 is 0.958 bits per heavy atom. The first-order valence-electron chi connectivity index (χ1n) is 8.75. The van der Waals surface area contributed by atoms with Crippen LogP contribution in [0.4, 0.5) is 0 Å². The van der Waals surface area contributed by atoms with Crippen LogP contribution in [-0.2, 0) is 11.2 Å². The summed E-state index contributed by atoms with van der Waals surface area (Å²) in [6.45, 7) is 12.5. The van der Waals surface area contributed by atoms with Crippen LogP contribution in [0.1, 0.15) is 47.1 Å². The summed E-state index contributed by atoms with van der Waals surface area (Å²) in [4.78, 5) is 15.4. The second-order valence-electron chi connectivity index (χ2n) is 8.75. The summed E-state index contributed by atoms with van der Waals surface area (Å²) >= 11 is 0. The van der Waals surface area contributed by atoms with E-state index in [1.807, 2.05) is 20.8 Å². The van der Waals surface area contributed by atoms with Gasteiger partial charge in [-0.25, -0.2) is 0 Å². The van der Waals surface area contributed by atoms with Gasteiger partial charge < -0.3 is 0 Å². The van der Waals surface area contributed by atoms with E-state index in [1.54, 1.807) is 0 Å². The van der Waals surface area contributed by atoms with E-state index in [0.717, 1.165) is 6.42 Å². The maximum Gasteiger partial charge on any atom is 0.155 e. The number of nitrogens with zero attached hydrogens (tertiary/aromatic N) is 1. The van der Waals surface area contributed by atoms with Crippen LogP contribution < -0.4 is 0 Å². The molecular formula is C22H31NO. The Bertz CT molecular complexity index is 713. The van der Waals surface area contributed by atoms with Crippen LogP contribution in [0.25, 0.3) is 10.8 Å². The van der Waals surface area contributed by atoms with Crippen LogP contribution in [0.15, 0.2) is 42.5 Å². The Kier molecular flexibility index (Phi) is 5.19. The van der Waals surface area contributed by atoms with Crippen molar-refractivity contribution in [2.75, 3.05) is 7.05 Å².